The Labute approximate surface area is 102 Å². The van der Waals surface area contributed by atoms with Crippen molar-refractivity contribution in [3.8, 4) is 0 Å². The van der Waals surface area contributed by atoms with Gasteiger partial charge in [0.2, 0.25) is 0 Å². The minimum atomic E-state index is -0.0586. The van der Waals surface area contributed by atoms with Crippen LogP contribution in [0.5, 0.6) is 0 Å². The van der Waals surface area contributed by atoms with Crippen LogP contribution in [0.1, 0.15) is 79.1 Å². The number of aliphatic hydroxyl groups excluding tert-OH is 1. The summed E-state index contributed by atoms with van der Waals surface area (Å²) in [5.41, 5.74) is 1.06. The monoisotopic (exact) mass is 226 g/mol. The molecule has 0 aromatic rings. The Bertz CT molecular complexity index is 197. The summed E-state index contributed by atoms with van der Waals surface area (Å²) in [5.74, 6) is 0. The van der Waals surface area contributed by atoms with E-state index in [0.29, 0.717) is 10.8 Å². The minimum absolute atomic E-state index is 0.0586. The molecule has 0 saturated heterocycles. The van der Waals surface area contributed by atoms with Gasteiger partial charge in [0.25, 0.3) is 0 Å². The highest BCUT2D eigenvalue weighted by molar-refractivity contribution is 4.86. The summed E-state index contributed by atoms with van der Waals surface area (Å²) in [7, 11) is 0. The maximum Gasteiger partial charge on any atom is 0.0540 e. The molecule has 1 unspecified atom stereocenters. The summed E-state index contributed by atoms with van der Waals surface area (Å²) >= 11 is 0. The molecule has 16 heavy (non-hydrogen) atoms. The Kier molecular flexibility index (Phi) is 4.85. The van der Waals surface area contributed by atoms with Crippen LogP contribution < -0.4 is 0 Å². The SMILES string of the molecule is CCCC(O)CCC1(C)CCC(C)(C)CC1. The van der Waals surface area contributed by atoms with Crippen LogP contribution in [0.4, 0.5) is 0 Å². The van der Waals surface area contributed by atoms with Gasteiger partial charge in [-0.15, -0.1) is 0 Å². The van der Waals surface area contributed by atoms with Crippen LogP contribution in [0.25, 0.3) is 0 Å². The van der Waals surface area contributed by atoms with Gasteiger partial charge in [-0.2, -0.15) is 0 Å². The molecule has 1 N–H and O–H groups in total. The van der Waals surface area contributed by atoms with Crippen molar-refractivity contribution < 1.29 is 5.11 Å². The van der Waals surface area contributed by atoms with Gasteiger partial charge in [0.15, 0.2) is 0 Å². The second-order valence-electron chi connectivity index (χ2n) is 6.96. The van der Waals surface area contributed by atoms with Crippen LogP contribution in [-0.2, 0) is 0 Å². The first-order chi connectivity index (χ1) is 7.37. The zero-order valence-corrected chi connectivity index (χ0v) is 11.7. The molecule has 1 nitrogen and oxygen atoms in total. The molecule has 0 aromatic carbocycles. The van der Waals surface area contributed by atoms with Gasteiger partial charge >= 0.3 is 0 Å². The molecule has 0 spiro atoms. The fourth-order valence-electron chi connectivity index (χ4n) is 2.77. The molecule has 0 heterocycles. The molecule has 1 rings (SSSR count). The quantitative estimate of drug-likeness (QED) is 0.730. The summed E-state index contributed by atoms with van der Waals surface area (Å²) in [6.45, 7) is 9.34. The second kappa shape index (κ2) is 5.53. The third kappa shape index (κ3) is 4.45. The van der Waals surface area contributed by atoms with Gasteiger partial charge in [-0.05, 0) is 55.8 Å². The lowest BCUT2D eigenvalue weighted by atomic mass is 9.64. The fraction of sp³-hybridized carbons (Fsp3) is 1.00. The minimum Gasteiger partial charge on any atom is -0.393 e. The molecule has 0 radical (unpaired) electrons. The third-order valence-electron chi connectivity index (χ3n) is 4.51. The van der Waals surface area contributed by atoms with E-state index in [2.05, 4.69) is 27.7 Å². The van der Waals surface area contributed by atoms with Crippen LogP contribution in [0.15, 0.2) is 0 Å². The van der Waals surface area contributed by atoms with E-state index in [1.807, 2.05) is 0 Å². The third-order valence-corrected chi connectivity index (χ3v) is 4.51. The summed E-state index contributed by atoms with van der Waals surface area (Å²) in [6, 6.07) is 0. The molecular weight excluding hydrogens is 196 g/mol. The first-order valence-electron chi connectivity index (χ1n) is 7.05. The number of hydrogen-bond donors (Lipinski definition) is 1. The Morgan fingerprint density at radius 3 is 2.06 bits per heavy atom. The zero-order chi connectivity index (χ0) is 12.2. The van der Waals surface area contributed by atoms with E-state index in [1.165, 1.54) is 32.1 Å². The van der Waals surface area contributed by atoms with Crippen molar-refractivity contribution in [3.63, 3.8) is 0 Å². The molecule has 1 heteroatoms. The topological polar surface area (TPSA) is 20.2 Å². The molecular formula is C15H30O. The first-order valence-corrected chi connectivity index (χ1v) is 7.05. The van der Waals surface area contributed by atoms with Crippen molar-refractivity contribution in [2.45, 2.75) is 85.2 Å². The van der Waals surface area contributed by atoms with Gasteiger partial charge < -0.3 is 5.11 Å². The summed E-state index contributed by atoms with van der Waals surface area (Å²) in [6.07, 6.45) is 9.64. The highest BCUT2D eigenvalue weighted by atomic mass is 16.3. The molecule has 1 aliphatic carbocycles. The Morgan fingerprint density at radius 2 is 1.56 bits per heavy atom. The lowest BCUT2D eigenvalue weighted by molar-refractivity contribution is 0.0788. The maximum atomic E-state index is 9.80. The predicted molar refractivity (Wildman–Crippen MR) is 70.5 cm³/mol. The van der Waals surface area contributed by atoms with Crippen LogP contribution >= 0.6 is 0 Å². The molecule has 0 amide bonds. The smallest absolute Gasteiger partial charge is 0.0540 e. The number of aliphatic hydroxyl groups is 1. The molecule has 0 aromatic heterocycles. The zero-order valence-electron chi connectivity index (χ0n) is 11.7. The molecule has 0 aliphatic heterocycles. The molecule has 1 aliphatic rings. The van der Waals surface area contributed by atoms with Crippen molar-refractivity contribution in [2.75, 3.05) is 0 Å². The lowest BCUT2D eigenvalue weighted by Crippen LogP contribution is -2.29. The van der Waals surface area contributed by atoms with Gasteiger partial charge in [0.05, 0.1) is 6.10 Å². The van der Waals surface area contributed by atoms with E-state index in [1.54, 1.807) is 0 Å². The molecule has 1 saturated carbocycles. The highest BCUT2D eigenvalue weighted by Gasteiger charge is 2.34. The number of hydrogen-bond acceptors (Lipinski definition) is 1. The van der Waals surface area contributed by atoms with Crippen molar-refractivity contribution in [1.29, 1.82) is 0 Å². The maximum absolute atomic E-state index is 9.80. The Hall–Kier alpha value is -0.0400. The molecule has 96 valence electrons. The summed E-state index contributed by atoms with van der Waals surface area (Å²) in [5, 5.41) is 9.80. The van der Waals surface area contributed by atoms with E-state index >= 15 is 0 Å². The Morgan fingerprint density at radius 1 is 1.00 bits per heavy atom. The Balaban J connectivity index is 2.31. The van der Waals surface area contributed by atoms with Gasteiger partial charge in [-0.1, -0.05) is 34.1 Å². The lowest BCUT2D eigenvalue weighted by Gasteiger charge is -2.42. The standard InChI is InChI=1S/C15H30O/c1-5-6-13(16)7-8-15(4)11-9-14(2,3)10-12-15/h13,16H,5-12H2,1-4H3. The molecule has 1 atom stereocenters. The molecule has 1 fully saturated rings. The van der Waals surface area contributed by atoms with E-state index in [-0.39, 0.29) is 6.10 Å². The van der Waals surface area contributed by atoms with Crippen LogP contribution in [0, 0.1) is 10.8 Å². The van der Waals surface area contributed by atoms with Crippen molar-refractivity contribution in [3.05, 3.63) is 0 Å². The normalized spacial score (nSPS) is 25.3. The predicted octanol–water partition coefficient (Wildman–Crippen LogP) is 4.53. The van der Waals surface area contributed by atoms with E-state index in [9.17, 15) is 5.11 Å². The van der Waals surface area contributed by atoms with Gasteiger partial charge in [0.1, 0.15) is 0 Å². The van der Waals surface area contributed by atoms with Crippen LogP contribution in [0.2, 0.25) is 0 Å². The van der Waals surface area contributed by atoms with Crippen molar-refractivity contribution in [1.82, 2.24) is 0 Å². The summed E-state index contributed by atoms with van der Waals surface area (Å²) in [4.78, 5) is 0. The highest BCUT2D eigenvalue weighted by Crippen LogP contribution is 2.47. The van der Waals surface area contributed by atoms with Gasteiger partial charge in [-0.3, -0.25) is 0 Å². The average Bonchev–Trinajstić information content (AvgIpc) is 2.21. The largest absolute Gasteiger partial charge is 0.393 e. The van der Waals surface area contributed by atoms with E-state index < -0.39 is 0 Å². The first kappa shape index (κ1) is 14.0. The summed E-state index contributed by atoms with van der Waals surface area (Å²) < 4.78 is 0. The van der Waals surface area contributed by atoms with Gasteiger partial charge in [-0.25, -0.2) is 0 Å². The van der Waals surface area contributed by atoms with Crippen molar-refractivity contribution >= 4 is 0 Å². The molecule has 0 bridgehead atoms. The van der Waals surface area contributed by atoms with Crippen molar-refractivity contribution in [2.24, 2.45) is 10.8 Å². The fourth-order valence-corrected chi connectivity index (χ4v) is 2.77. The van der Waals surface area contributed by atoms with E-state index in [4.69, 9.17) is 0 Å². The van der Waals surface area contributed by atoms with E-state index in [0.717, 1.165) is 19.3 Å². The van der Waals surface area contributed by atoms with Crippen LogP contribution in [-0.4, -0.2) is 11.2 Å². The van der Waals surface area contributed by atoms with Crippen LogP contribution in [0.3, 0.4) is 0 Å². The number of rotatable bonds is 5. The second-order valence-corrected chi connectivity index (χ2v) is 6.96. The van der Waals surface area contributed by atoms with Gasteiger partial charge in [0, 0.05) is 0 Å². The average molecular weight is 226 g/mol.